The van der Waals surface area contributed by atoms with Crippen molar-refractivity contribution in [2.45, 2.75) is 6.42 Å². The second kappa shape index (κ2) is 5.13. The van der Waals surface area contributed by atoms with Crippen LogP contribution >= 0.6 is 0 Å². The zero-order valence-electron chi connectivity index (χ0n) is 10.1. The van der Waals surface area contributed by atoms with Gasteiger partial charge in [-0.15, -0.1) is 0 Å². The number of nitrogens with two attached hydrogens (primary N) is 1. The number of ether oxygens (including phenoxy) is 1. The van der Waals surface area contributed by atoms with Crippen molar-refractivity contribution >= 4 is 17.5 Å². The number of anilines is 2. The smallest absolute Gasteiger partial charge is 0.329 e. The van der Waals surface area contributed by atoms with Gasteiger partial charge in [-0.1, -0.05) is 0 Å². The lowest BCUT2D eigenvalue weighted by Crippen LogP contribution is -2.23. The van der Waals surface area contributed by atoms with Crippen LogP contribution in [-0.2, 0) is 4.74 Å². The summed E-state index contributed by atoms with van der Waals surface area (Å²) in [6, 6.07) is 0. The van der Waals surface area contributed by atoms with Crippen LogP contribution in [0.5, 0.6) is 0 Å². The minimum absolute atomic E-state index is 0.0470. The van der Waals surface area contributed by atoms with Crippen molar-refractivity contribution in [3.8, 4) is 0 Å². The third kappa shape index (κ3) is 2.48. The Morgan fingerprint density at radius 3 is 3.17 bits per heavy atom. The Balaban J connectivity index is 2.23. The number of methoxy groups -OCH3 is 1. The highest BCUT2D eigenvalue weighted by Gasteiger charge is 2.29. The molecular formula is C10H15N5O3. The van der Waals surface area contributed by atoms with E-state index in [-0.39, 0.29) is 11.6 Å². The summed E-state index contributed by atoms with van der Waals surface area (Å²) in [5.41, 5.74) is 5.38. The molecular weight excluding hydrogens is 238 g/mol. The monoisotopic (exact) mass is 253 g/mol. The summed E-state index contributed by atoms with van der Waals surface area (Å²) in [4.78, 5) is 19.9. The van der Waals surface area contributed by atoms with E-state index in [2.05, 4.69) is 9.97 Å². The topological polar surface area (TPSA) is 107 Å². The van der Waals surface area contributed by atoms with Crippen molar-refractivity contribution < 1.29 is 9.66 Å². The molecule has 1 aliphatic rings. The summed E-state index contributed by atoms with van der Waals surface area (Å²) in [5, 5.41) is 10.9. The number of nitrogen functional groups attached to an aromatic ring is 1. The number of nitro groups is 1. The molecule has 2 N–H and O–H groups in total. The van der Waals surface area contributed by atoms with Gasteiger partial charge in [-0.25, -0.2) is 4.98 Å². The van der Waals surface area contributed by atoms with Crippen LogP contribution in [0.2, 0.25) is 0 Å². The van der Waals surface area contributed by atoms with Gasteiger partial charge in [0.15, 0.2) is 0 Å². The van der Waals surface area contributed by atoms with E-state index in [0.717, 1.165) is 12.6 Å². The summed E-state index contributed by atoms with van der Waals surface area (Å²) >= 11 is 0. The van der Waals surface area contributed by atoms with Crippen LogP contribution in [0, 0.1) is 16.0 Å². The molecule has 8 nitrogen and oxygen atoms in total. The highest BCUT2D eigenvalue weighted by molar-refractivity contribution is 5.58. The van der Waals surface area contributed by atoms with Gasteiger partial charge in [-0.2, -0.15) is 4.98 Å². The van der Waals surface area contributed by atoms with E-state index >= 15 is 0 Å². The van der Waals surface area contributed by atoms with Gasteiger partial charge in [0.05, 0.1) is 11.5 Å². The van der Waals surface area contributed by atoms with Crippen molar-refractivity contribution in [2.75, 3.05) is 37.4 Å². The second-order valence-electron chi connectivity index (χ2n) is 4.25. The average molecular weight is 253 g/mol. The molecule has 0 bridgehead atoms. The molecule has 2 rings (SSSR count). The Hall–Kier alpha value is -1.96. The van der Waals surface area contributed by atoms with Crippen LogP contribution in [0.25, 0.3) is 0 Å². The molecule has 1 unspecified atom stereocenters. The van der Waals surface area contributed by atoms with Crippen molar-refractivity contribution in [2.24, 2.45) is 5.92 Å². The first kappa shape index (κ1) is 12.5. The van der Waals surface area contributed by atoms with Crippen LogP contribution < -0.4 is 10.6 Å². The molecule has 0 spiro atoms. The highest BCUT2D eigenvalue weighted by Crippen LogP contribution is 2.30. The molecule has 1 aromatic rings. The first-order valence-corrected chi connectivity index (χ1v) is 5.62. The third-order valence-electron chi connectivity index (χ3n) is 2.95. The predicted molar refractivity (Wildman–Crippen MR) is 65.3 cm³/mol. The Morgan fingerprint density at radius 1 is 1.72 bits per heavy atom. The number of hydrogen-bond acceptors (Lipinski definition) is 7. The lowest BCUT2D eigenvalue weighted by Gasteiger charge is -2.17. The standard InChI is InChI=1S/C10H15N5O3/c1-18-6-7-2-3-14(5-7)9-8(15(16)17)4-12-10(11)13-9/h4,7H,2-3,5-6H2,1H3,(H2,11,12,13). The number of nitrogens with zero attached hydrogens (tertiary/aromatic N) is 4. The maximum Gasteiger partial charge on any atom is 0.329 e. The van der Waals surface area contributed by atoms with Crippen LogP contribution in [0.15, 0.2) is 6.20 Å². The normalized spacial score (nSPS) is 19.2. The Kier molecular flexibility index (Phi) is 3.56. The van der Waals surface area contributed by atoms with Crippen LogP contribution in [0.4, 0.5) is 17.5 Å². The van der Waals surface area contributed by atoms with E-state index < -0.39 is 4.92 Å². The summed E-state index contributed by atoms with van der Waals surface area (Å²) in [6.45, 7) is 2.04. The molecule has 1 fully saturated rings. The van der Waals surface area contributed by atoms with Crippen molar-refractivity contribution in [1.29, 1.82) is 0 Å². The average Bonchev–Trinajstić information content (AvgIpc) is 2.77. The molecule has 1 atom stereocenters. The fourth-order valence-corrected chi connectivity index (χ4v) is 2.14. The van der Waals surface area contributed by atoms with E-state index in [1.807, 2.05) is 4.90 Å². The van der Waals surface area contributed by atoms with Crippen molar-refractivity contribution in [3.63, 3.8) is 0 Å². The van der Waals surface area contributed by atoms with E-state index in [0.29, 0.717) is 31.4 Å². The van der Waals surface area contributed by atoms with Gasteiger partial charge in [0.1, 0.15) is 6.20 Å². The zero-order valence-corrected chi connectivity index (χ0v) is 10.1. The van der Waals surface area contributed by atoms with Crippen LogP contribution in [0.3, 0.4) is 0 Å². The molecule has 1 aliphatic heterocycles. The Labute approximate surface area is 104 Å². The van der Waals surface area contributed by atoms with Gasteiger partial charge in [-0.3, -0.25) is 10.1 Å². The van der Waals surface area contributed by atoms with E-state index in [1.54, 1.807) is 7.11 Å². The predicted octanol–water partition coefficient (Wildman–Crippen LogP) is 0.440. The van der Waals surface area contributed by atoms with Gasteiger partial charge >= 0.3 is 5.69 Å². The van der Waals surface area contributed by atoms with Crippen LogP contribution in [0.1, 0.15) is 6.42 Å². The highest BCUT2D eigenvalue weighted by atomic mass is 16.6. The first-order chi connectivity index (χ1) is 8.61. The summed E-state index contributed by atoms with van der Waals surface area (Å²) in [5.74, 6) is 0.711. The quantitative estimate of drug-likeness (QED) is 0.612. The third-order valence-corrected chi connectivity index (χ3v) is 2.95. The Bertz CT molecular complexity index is 453. The number of rotatable bonds is 4. The van der Waals surface area contributed by atoms with Crippen molar-refractivity contribution in [1.82, 2.24) is 9.97 Å². The van der Waals surface area contributed by atoms with E-state index in [1.165, 1.54) is 0 Å². The molecule has 0 radical (unpaired) electrons. The van der Waals surface area contributed by atoms with E-state index in [4.69, 9.17) is 10.5 Å². The largest absolute Gasteiger partial charge is 0.384 e. The second-order valence-corrected chi connectivity index (χ2v) is 4.25. The minimum Gasteiger partial charge on any atom is -0.384 e. The summed E-state index contributed by atoms with van der Waals surface area (Å²) in [7, 11) is 1.65. The zero-order chi connectivity index (χ0) is 13.1. The van der Waals surface area contributed by atoms with Crippen molar-refractivity contribution in [3.05, 3.63) is 16.3 Å². The van der Waals surface area contributed by atoms with E-state index in [9.17, 15) is 10.1 Å². The van der Waals surface area contributed by atoms with Crippen LogP contribution in [-0.4, -0.2) is 41.7 Å². The fourth-order valence-electron chi connectivity index (χ4n) is 2.14. The molecule has 2 heterocycles. The van der Waals surface area contributed by atoms with Gasteiger partial charge in [-0.05, 0) is 6.42 Å². The lowest BCUT2D eigenvalue weighted by molar-refractivity contribution is -0.384. The molecule has 0 aliphatic carbocycles. The van der Waals surface area contributed by atoms with Gasteiger partial charge in [0.2, 0.25) is 11.8 Å². The van der Waals surface area contributed by atoms with Gasteiger partial charge in [0.25, 0.3) is 0 Å². The number of hydrogen-bond donors (Lipinski definition) is 1. The molecule has 18 heavy (non-hydrogen) atoms. The van der Waals surface area contributed by atoms with Gasteiger partial charge < -0.3 is 15.4 Å². The SMILES string of the molecule is COCC1CCN(c2nc(N)ncc2[N+](=O)[O-])C1. The summed E-state index contributed by atoms with van der Waals surface area (Å²) < 4.78 is 5.09. The summed E-state index contributed by atoms with van der Waals surface area (Å²) in [6.07, 6.45) is 2.08. The molecule has 1 aromatic heterocycles. The molecule has 98 valence electrons. The minimum atomic E-state index is -0.488. The number of aromatic nitrogens is 2. The molecule has 0 saturated carbocycles. The lowest BCUT2D eigenvalue weighted by atomic mass is 10.1. The maximum atomic E-state index is 10.9. The fraction of sp³-hybridized carbons (Fsp3) is 0.600. The first-order valence-electron chi connectivity index (χ1n) is 5.62. The molecule has 1 saturated heterocycles. The molecule has 8 heteroatoms. The Morgan fingerprint density at radius 2 is 2.50 bits per heavy atom. The maximum absolute atomic E-state index is 10.9. The van der Waals surface area contributed by atoms with Gasteiger partial charge in [0, 0.05) is 26.1 Å². The molecule has 0 aromatic carbocycles. The molecule has 0 amide bonds.